The fourth-order valence-corrected chi connectivity index (χ4v) is 2.86. The summed E-state index contributed by atoms with van der Waals surface area (Å²) in [6.07, 6.45) is 0.313. The van der Waals surface area contributed by atoms with E-state index in [4.69, 9.17) is 34.7 Å². The van der Waals surface area contributed by atoms with Crippen LogP contribution in [0.5, 0.6) is 0 Å². The summed E-state index contributed by atoms with van der Waals surface area (Å²) in [5.74, 6) is -1.68. The number of rotatable bonds is 6. The van der Waals surface area contributed by atoms with Crippen LogP contribution >= 0.6 is 23.2 Å². The number of primary amides is 2. The standard InChI is InChI=1S/C17H16Cl2N2O2/c18-13-5-6-14(15(19)9-13)11-3-1-10(2-4-11)7-12(17(21)23)8-16(20)22/h1-6,9,12H,7-8H2,(H2,20,22)(H2,21,23). The van der Waals surface area contributed by atoms with E-state index in [2.05, 4.69) is 0 Å². The number of hydrogen-bond acceptors (Lipinski definition) is 2. The molecule has 0 fully saturated rings. The Morgan fingerprint density at radius 3 is 2.17 bits per heavy atom. The minimum absolute atomic E-state index is 0.0555. The van der Waals surface area contributed by atoms with Gasteiger partial charge in [0.15, 0.2) is 0 Å². The molecule has 2 rings (SSSR count). The van der Waals surface area contributed by atoms with Crippen LogP contribution in [-0.2, 0) is 16.0 Å². The zero-order chi connectivity index (χ0) is 17.0. The molecule has 1 unspecified atom stereocenters. The number of amides is 2. The SMILES string of the molecule is NC(=O)CC(Cc1ccc(-c2ccc(Cl)cc2Cl)cc1)C(N)=O. The average Bonchev–Trinajstić information content (AvgIpc) is 2.47. The van der Waals surface area contributed by atoms with Gasteiger partial charge in [0.1, 0.15) is 0 Å². The van der Waals surface area contributed by atoms with E-state index in [9.17, 15) is 9.59 Å². The second-order valence-corrected chi connectivity index (χ2v) is 6.14. The van der Waals surface area contributed by atoms with Crippen LogP contribution in [0.1, 0.15) is 12.0 Å². The fraction of sp³-hybridized carbons (Fsp3) is 0.176. The number of benzene rings is 2. The molecule has 0 saturated heterocycles. The van der Waals surface area contributed by atoms with Gasteiger partial charge in [-0.3, -0.25) is 9.59 Å². The fourth-order valence-electron chi connectivity index (χ4n) is 2.34. The third-order valence-electron chi connectivity index (χ3n) is 3.53. The highest BCUT2D eigenvalue weighted by molar-refractivity contribution is 6.36. The second kappa shape index (κ2) is 7.49. The van der Waals surface area contributed by atoms with E-state index in [1.807, 2.05) is 30.3 Å². The molecular formula is C17H16Cl2N2O2. The lowest BCUT2D eigenvalue weighted by molar-refractivity contribution is -0.126. The van der Waals surface area contributed by atoms with Gasteiger partial charge in [-0.25, -0.2) is 0 Å². The topological polar surface area (TPSA) is 86.2 Å². The van der Waals surface area contributed by atoms with Crippen molar-refractivity contribution in [1.29, 1.82) is 0 Å². The van der Waals surface area contributed by atoms with Crippen LogP contribution in [0.2, 0.25) is 10.0 Å². The number of nitrogens with two attached hydrogens (primary N) is 2. The maximum atomic E-state index is 11.4. The first kappa shape index (κ1) is 17.3. The van der Waals surface area contributed by atoms with Crippen LogP contribution in [-0.4, -0.2) is 11.8 Å². The van der Waals surface area contributed by atoms with Crippen molar-refractivity contribution in [3.8, 4) is 11.1 Å². The van der Waals surface area contributed by atoms with Gasteiger partial charge in [-0.15, -0.1) is 0 Å². The lowest BCUT2D eigenvalue weighted by Gasteiger charge is -2.12. The minimum Gasteiger partial charge on any atom is -0.370 e. The highest BCUT2D eigenvalue weighted by Gasteiger charge is 2.18. The summed E-state index contributed by atoms with van der Waals surface area (Å²) in [5, 5.41) is 1.14. The maximum absolute atomic E-state index is 11.4. The van der Waals surface area contributed by atoms with Crippen LogP contribution in [0.15, 0.2) is 42.5 Å². The normalized spacial score (nSPS) is 11.9. The highest BCUT2D eigenvalue weighted by Crippen LogP contribution is 2.30. The van der Waals surface area contributed by atoms with E-state index in [1.165, 1.54) is 0 Å². The van der Waals surface area contributed by atoms with Crippen LogP contribution in [0.4, 0.5) is 0 Å². The first-order chi connectivity index (χ1) is 10.9. The quantitative estimate of drug-likeness (QED) is 0.837. The van der Waals surface area contributed by atoms with Crippen LogP contribution < -0.4 is 11.5 Å². The molecule has 4 N–H and O–H groups in total. The first-order valence-electron chi connectivity index (χ1n) is 6.99. The minimum atomic E-state index is -0.600. The smallest absolute Gasteiger partial charge is 0.221 e. The molecule has 4 nitrogen and oxygen atoms in total. The van der Waals surface area contributed by atoms with Gasteiger partial charge in [-0.2, -0.15) is 0 Å². The molecule has 6 heteroatoms. The van der Waals surface area contributed by atoms with Gasteiger partial charge in [-0.1, -0.05) is 53.5 Å². The molecule has 2 aromatic carbocycles. The molecule has 1 atom stereocenters. The largest absolute Gasteiger partial charge is 0.370 e. The molecule has 0 aliphatic heterocycles. The van der Waals surface area contributed by atoms with Crippen molar-refractivity contribution in [2.45, 2.75) is 12.8 Å². The van der Waals surface area contributed by atoms with Crippen molar-refractivity contribution in [1.82, 2.24) is 0 Å². The Kier molecular flexibility index (Phi) is 5.64. The summed E-state index contributed by atoms with van der Waals surface area (Å²) < 4.78 is 0. The molecule has 2 aromatic rings. The van der Waals surface area contributed by atoms with Crippen LogP contribution in [0, 0.1) is 5.92 Å². The maximum Gasteiger partial charge on any atom is 0.221 e. The van der Waals surface area contributed by atoms with E-state index < -0.39 is 17.7 Å². The third kappa shape index (κ3) is 4.71. The molecule has 0 saturated carbocycles. The van der Waals surface area contributed by atoms with Gasteiger partial charge < -0.3 is 11.5 Å². The Balaban J connectivity index is 2.18. The van der Waals surface area contributed by atoms with Crippen molar-refractivity contribution < 1.29 is 9.59 Å². The monoisotopic (exact) mass is 350 g/mol. The molecular weight excluding hydrogens is 335 g/mol. The summed E-state index contributed by atoms with van der Waals surface area (Å²) >= 11 is 12.1. The highest BCUT2D eigenvalue weighted by atomic mass is 35.5. The van der Waals surface area contributed by atoms with Crippen LogP contribution in [0.3, 0.4) is 0 Å². The van der Waals surface area contributed by atoms with Crippen molar-refractivity contribution in [3.63, 3.8) is 0 Å². The molecule has 0 heterocycles. The first-order valence-corrected chi connectivity index (χ1v) is 7.74. The van der Waals surface area contributed by atoms with E-state index in [0.29, 0.717) is 16.5 Å². The van der Waals surface area contributed by atoms with Gasteiger partial charge in [-0.05, 0) is 29.7 Å². The van der Waals surface area contributed by atoms with Crippen molar-refractivity contribution >= 4 is 35.0 Å². The zero-order valence-corrected chi connectivity index (χ0v) is 13.8. The van der Waals surface area contributed by atoms with E-state index in [1.54, 1.807) is 12.1 Å². The predicted molar refractivity (Wildman–Crippen MR) is 92.1 cm³/mol. The molecule has 0 aromatic heterocycles. The Hall–Kier alpha value is -2.04. The molecule has 0 bridgehead atoms. The molecule has 0 spiro atoms. The summed E-state index contributed by atoms with van der Waals surface area (Å²) in [5.41, 5.74) is 13.1. The molecule has 0 radical (unpaired) electrons. The van der Waals surface area contributed by atoms with Crippen molar-refractivity contribution in [3.05, 3.63) is 58.1 Å². The number of hydrogen-bond donors (Lipinski definition) is 2. The molecule has 23 heavy (non-hydrogen) atoms. The van der Waals surface area contributed by atoms with Gasteiger partial charge >= 0.3 is 0 Å². The van der Waals surface area contributed by atoms with E-state index in [-0.39, 0.29) is 6.42 Å². The Morgan fingerprint density at radius 2 is 1.65 bits per heavy atom. The molecule has 0 aliphatic carbocycles. The van der Waals surface area contributed by atoms with Crippen LogP contribution in [0.25, 0.3) is 11.1 Å². The Bertz CT molecular complexity index is 730. The van der Waals surface area contributed by atoms with Gasteiger partial charge in [0.05, 0.1) is 5.92 Å². The number of carbonyl (C=O) groups excluding carboxylic acids is 2. The van der Waals surface area contributed by atoms with Gasteiger partial charge in [0.25, 0.3) is 0 Å². The van der Waals surface area contributed by atoms with E-state index >= 15 is 0 Å². The summed E-state index contributed by atoms with van der Waals surface area (Å²) in [7, 11) is 0. The average molecular weight is 351 g/mol. The Labute approximate surface area is 144 Å². The zero-order valence-electron chi connectivity index (χ0n) is 12.3. The molecule has 120 valence electrons. The summed E-state index contributed by atoms with van der Waals surface area (Å²) in [6.45, 7) is 0. The van der Waals surface area contributed by atoms with Gasteiger partial charge in [0, 0.05) is 22.0 Å². The van der Waals surface area contributed by atoms with Crippen molar-refractivity contribution in [2.75, 3.05) is 0 Å². The lowest BCUT2D eigenvalue weighted by Crippen LogP contribution is -2.29. The molecule has 2 amide bonds. The predicted octanol–water partition coefficient (Wildman–Crippen LogP) is 3.18. The van der Waals surface area contributed by atoms with Gasteiger partial charge in [0.2, 0.25) is 11.8 Å². The second-order valence-electron chi connectivity index (χ2n) is 5.29. The summed E-state index contributed by atoms with van der Waals surface area (Å²) in [6, 6.07) is 12.8. The molecule has 0 aliphatic rings. The number of carbonyl (C=O) groups is 2. The third-order valence-corrected chi connectivity index (χ3v) is 4.08. The summed E-state index contributed by atoms with van der Waals surface area (Å²) in [4.78, 5) is 22.4. The lowest BCUT2D eigenvalue weighted by atomic mass is 9.94. The van der Waals surface area contributed by atoms with E-state index in [0.717, 1.165) is 16.7 Å². The number of halogens is 2. The Morgan fingerprint density at radius 1 is 1.00 bits per heavy atom. The van der Waals surface area contributed by atoms with Crippen molar-refractivity contribution in [2.24, 2.45) is 17.4 Å².